The molecule has 0 aromatic heterocycles. The maximum absolute atomic E-state index is 11.5. The molecule has 1 aromatic carbocycles. The van der Waals surface area contributed by atoms with Crippen molar-refractivity contribution < 1.29 is 9.59 Å². The zero-order valence-corrected chi connectivity index (χ0v) is 9.98. The van der Waals surface area contributed by atoms with Crippen molar-refractivity contribution in [2.24, 2.45) is 11.7 Å². The molecule has 4 heteroatoms. The van der Waals surface area contributed by atoms with Crippen LogP contribution in [0, 0.1) is 5.92 Å². The van der Waals surface area contributed by atoms with E-state index in [1.54, 1.807) is 6.92 Å². The maximum atomic E-state index is 11.5. The van der Waals surface area contributed by atoms with Gasteiger partial charge in [0.1, 0.15) is 0 Å². The minimum absolute atomic E-state index is 0.0537. The molecule has 4 nitrogen and oxygen atoms in total. The summed E-state index contributed by atoms with van der Waals surface area (Å²) >= 11 is 0. The van der Waals surface area contributed by atoms with Crippen LogP contribution < -0.4 is 11.1 Å². The lowest BCUT2D eigenvalue weighted by molar-refractivity contribution is -0.123. The second-order valence-corrected chi connectivity index (χ2v) is 4.10. The maximum Gasteiger partial charge on any atom is 0.220 e. The third-order valence-electron chi connectivity index (χ3n) is 2.62. The first-order valence-corrected chi connectivity index (χ1v) is 5.69. The van der Waals surface area contributed by atoms with Crippen LogP contribution in [0.4, 0.5) is 0 Å². The van der Waals surface area contributed by atoms with Gasteiger partial charge in [-0.15, -0.1) is 0 Å². The molecule has 0 spiro atoms. The van der Waals surface area contributed by atoms with Gasteiger partial charge in [0.2, 0.25) is 11.8 Å². The van der Waals surface area contributed by atoms with Gasteiger partial charge >= 0.3 is 0 Å². The van der Waals surface area contributed by atoms with Crippen molar-refractivity contribution >= 4 is 11.8 Å². The van der Waals surface area contributed by atoms with Crippen molar-refractivity contribution in [3.63, 3.8) is 0 Å². The predicted molar refractivity (Wildman–Crippen MR) is 65.9 cm³/mol. The molecule has 1 aromatic rings. The number of hydrogen-bond donors (Lipinski definition) is 2. The van der Waals surface area contributed by atoms with E-state index < -0.39 is 0 Å². The lowest BCUT2D eigenvalue weighted by Crippen LogP contribution is -2.26. The minimum Gasteiger partial charge on any atom is -0.369 e. The normalized spacial score (nSPS) is 11.8. The fraction of sp³-hybridized carbons (Fsp3) is 0.385. The summed E-state index contributed by atoms with van der Waals surface area (Å²) in [4.78, 5) is 22.3. The van der Waals surface area contributed by atoms with Crippen molar-refractivity contribution in [2.75, 3.05) is 0 Å². The molecule has 0 saturated carbocycles. The zero-order chi connectivity index (χ0) is 12.7. The molecule has 2 amide bonds. The highest BCUT2D eigenvalue weighted by molar-refractivity contribution is 5.79. The summed E-state index contributed by atoms with van der Waals surface area (Å²) in [6, 6.07) is 9.69. The van der Waals surface area contributed by atoms with E-state index in [0.717, 1.165) is 5.56 Å². The molecule has 3 N–H and O–H groups in total. The fourth-order valence-corrected chi connectivity index (χ4v) is 1.37. The second kappa shape index (κ2) is 6.68. The van der Waals surface area contributed by atoms with Crippen molar-refractivity contribution in [3.8, 4) is 0 Å². The van der Waals surface area contributed by atoms with Gasteiger partial charge in [-0.3, -0.25) is 9.59 Å². The van der Waals surface area contributed by atoms with Crippen LogP contribution in [-0.4, -0.2) is 11.8 Å². The van der Waals surface area contributed by atoms with Crippen LogP contribution in [-0.2, 0) is 16.1 Å². The molecule has 1 atom stereocenters. The Morgan fingerprint density at radius 2 is 1.94 bits per heavy atom. The van der Waals surface area contributed by atoms with Crippen LogP contribution in [0.3, 0.4) is 0 Å². The largest absolute Gasteiger partial charge is 0.369 e. The topological polar surface area (TPSA) is 72.2 Å². The summed E-state index contributed by atoms with van der Waals surface area (Å²) in [6.45, 7) is 2.25. The Bertz CT molecular complexity index is 376. The summed E-state index contributed by atoms with van der Waals surface area (Å²) in [7, 11) is 0. The van der Waals surface area contributed by atoms with Gasteiger partial charge in [-0.25, -0.2) is 0 Å². The van der Waals surface area contributed by atoms with Gasteiger partial charge in [0, 0.05) is 18.9 Å². The number of primary amides is 1. The van der Waals surface area contributed by atoms with Gasteiger partial charge in [-0.2, -0.15) is 0 Å². The molecule has 1 unspecified atom stereocenters. The number of rotatable bonds is 6. The van der Waals surface area contributed by atoms with Crippen molar-refractivity contribution in [1.29, 1.82) is 0 Å². The average molecular weight is 234 g/mol. The molecule has 0 aliphatic rings. The summed E-state index contributed by atoms with van der Waals surface area (Å²) in [5, 5.41) is 2.80. The van der Waals surface area contributed by atoms with Gasteiger partial charge in [0.15, 0.2) is 0 Å². The van der Waals surface area contributed by atoms with E-state index >= 15 is 0 Å². The van der Waals surface area contributed by atoms with Gasteiger partial charge in [0.25, 0.3) is 0 Å². The summed E-state index contributed by atoms with van der Waals surface area (Å²) in [6.07, 6.45) is 0.826. The first-order chi connectivity index (χ1) is 8.09. The third-order valence-corrected chi connectivity index (χ3v) is 2.62. The number of benzene rings is 1. The van der Waals surface area contributed by atoms with E-state index in [-0.39, 0.29) is 17.7 Å². The Morgan fingerprint density at radius 3 is 2.53 bits per heavy atom. The van der Waals surface area contributed by atoms with Crippen LogP contribution in [0.5, 0.6) is 0 Å². The van der Waals surface area contributed by atoms with E-state index in [1.807, 2.05) is 30.3 Å². The third kappa shape index (κ3) is 5.15. The van der Waals surface area contributed by atoms with Crippen LogP contribution in [0.25, 0.3) is 0 Å². The lowest BCUT2D eigenvalue weighted by Gasteiger charge is -2.07. The van der Waals surface area contributed by atoms with Crippen LogP contribution >= 0.6 is 0 Å². The summed E-state index contributed by atoms with van der Waals surface area (Å²) < 4.78 is 0. The highest BCUT2D eigenvalue weighted by atomic mass is 16.2. The van der Waals surface area contributed by atoms with Crippen LogP contribution in [0.2, 0.25) is 0 Å². The first-order valence-electron chi connectivity index (χ1n) is 5.69. The Morgan fingerprint density at radius 1 is 1.29 bits per heavy atom. The Labute approximate surface area is 101 Å². The van der Waals surface area contributed by atoms with Gasteiger partial charge in [0.05, 0.1) is 0 Å². The molecule has 17 heavy (non-hydrogen) atoms. The van der Waals surface area contributed by atoms with Crippen LogP contribution in [0.15, 0.2) is 30.3 Å². The van der Waals surface area contributed by atoms with E-state index in [9.17, 15) is 9.59 Å². The molecular formula is C13H18N2O2. The Hall–Kier alpha value is -1.84. The predicted octanol–water partition coefficient (Wildman–Crippen LogP) is 1.20. The van der Waals surface area contributed by atoms with Gasteiger partial charge in [-0.05, 0) is 12.0 Å². The number of nitrogens with one attached hydrogen (secondary N) is 1. The average Bonchev–Trinajstić information content (AvgIpc) is 2.34. The monoisotopic (exact) mass is 234 g/mol. The smallest absolute Gasteiger partial charge is 0.220 e. The highest BCUT2D eigenvalue weighted by Gasteiger charge is 2.10. The van der Waals surface area contributed by atoms with Gasteiger partial charge < -0.3 is 11.1 Å². The summed E-state index contributed by atoms with van der Waals surface area (Å²) in [5.74, 6) is -0.666. The van der Waals surface area contributed by atoms with Crippen molar-refractivity contribution in [3.05, 3.63) is 35.9 Å². The molecule has 0 fully saturated rings. The van der Waals surface area contributed by atoms with E-state index in [1.165, 1.54) is 0 Å². The van der Waals surface area contributed by atoms with E-state index in [4.69, 9.17) is 5.73 Å². The second-order valence-electron chi connectivity index (χ2n) is 4.10. The molecule has 92 valence electrons. The van der Waals surface area contributed by atoms with Crippen molar-refractivity contribution in [2.45, 2.75) is 26.3 Å². The lowest BCUT2D eigenvalue weighted by atomic mass is 10.1. The molecule has 1 rings (SSSR count). The van der Waals surface area contributed by atoms with E-state index in [2.05, 4.69) is 5.32 Å². The van der Waals surface area contributed by atoms with Gasteiger partial charge in [-0.1, -0.05) is 37.3 Å². The van der Waals surface area contributed by atoms with Crippen molar-refractivity contribution in [1.82, 2.24) is 5.32 Å². The molecular weight excluding hydrogens is 216 g/mol. The highest BCUT2D eigenvalue weighted by Crippen LogP contribution is 2.04. The Kier molecular flexibility index (Phi) is 5.20. The number of carbonyl (C=O) groups is 2. The number of nitrogens with two attached hydrogens (primary N) is 1. The SMILES string of the molecule is CC(CCC(=O)NCc1ccccc1)C(N)=O. The number of carbonyl (C=O) groups excluding carboxylic acids is 2. The summed E-state index contributed by atoms with van der Waals surface area (Å²) in [5.41, 5.74) is 6.18. The fourth-order valence-electron chi connectivity index (χ4n) is 1.37. The quantitative estimate of drug-likeness (QED) is 0.776. The molecule has 0 saturated heterocycles. The molecule has 0 aliphatic heterocycles. The van der Waals surface area contributed by atoms with E-state index in [0.29, 0.717) is 19.4 Å². The minimum atomic E-state index is -0.360. The molecule has 0 bridgehead atoms. The number of amides is 2. The van der Waals surface area contributed by atoms with Crippen LogP contribution in [0.1, 0.15) is 25.3 Å². The molecule has 0 radical (unpaired) electrons. The number of hydrogen-bond acceptors (Lipinski definition) is 2. The Balaban J connectivity index is 2.24. The standard InChI is InChI=1S/C13H18N2O2/c1-10(13(14)17)7-8-12(16)15-9-11-5-3-2-4-6-11/h2-6,10H,7-9H2,1H3,(H2,14,17)(H,15,16). The molecule has 0 heterocycles. The molecule has 0 aliphatic carbocycles. The zero-order valence-electron chi connectivity index (χ0n) is 9.98. The first kappa shape index (κ1) is 13.2.